The summed E-state index contributed by atoms with van der Waals surface area (Å²) in [6, 6.07) is 5.81. The highest BCUT2D eigenvalue weighted by molar-refractivity contribution is 7.80. The fraction of sp³-hybridized carbons (Fsp3) is 0.368. The molecule has 0 bridgehead atoms. The van der Waals surface area contributed by atoms with Gasteiger partial charge in [-0.1, -0.05) is 6.07 Å². The van der Waals surface area contributed by atoms with E-state index >= 15 is 0 Å². The number of carbonyl (C=O) groups is 1. The minimum Gasteiger partial charge on any atom is -0.493 e. The molecule has 0 saturated carbocycles. The molecule has 2 N–H and O–H groups in total. The number of thiophene rings is 1. The molecule has 1 aromatic heterocycles. The van der Waals surface area contributed by atoms with Crippen molar-refractivity contribution in [2.45, 2.75) is 20.3 Å². The summed E-state index contributed by atoms with van der Waals surface area (Å²) in [7, 11) is 4.60. The van der Waals surface area contributed by atoms with E-state index in [4.69, 9.17) is 26.4 Å². The van der Waals surface area contributed by atoms with E-state index in [1.165, 1.54) is 18.4 Å². The number of carbonyl (C=O) groups excluding carboxylic acids is 1. The first-order chi connectivity index (χ1) is 12.9. The zero-order valence-electron chi connectivity index (χ0n) is 16.1. The van der Waals surface area contributed by atoms with Gasteiger partial charge in [-0.3, -0.25) is 0 Å². The van der Waals surface area contributed by atoms with Crippen molar-refractivity contribution in [3.05, 3.63) is 39.8 Å². The van der Waals surface area contributed by atoms with Gasteiger partial charge in [0.1, 0.15) is 5.00 Å². The molecule has 8 heteroatoms. The fourth-order valence-electron chi connectivity index (χ4n) is 2.57. The van der Waals surface area contributed by atoms with Gasteiger partial charge in [-0.2, -0.15) is 0 Å². The number of rotatable bonds is 7. The number of aryl methyl sites for hydroxylation is 1. The highest BCUT2D eigenvalue weighted by Gasteiger charge is 2.20. The second-order valence-corrected chi connectivity index (χ2v) is 7.43. The highest BCUT2D eigenvalue weighted by Crippen LogP contribution is 2.33. The van der Waals surface area contributed by atoms with Gasteiger partial charge in [0.2, 0.25) is 0 Å². The molecule has 2 aromatic rings. The van der Waals surface area contributed by atoms with Gasteiger partial charge in [0.25, 0.3) is 0 Å². The Bertz CT molecular complexity index is 833. The second kappa shape index (κ2) is 9.57. The summed E-state index contributed by atoms with van der Waals surface area (Å²) in [6.07, 6.45) is 0.758. The molecule has 0 aliphatic heterocycles. The molecule has 1 aromatic carbocycles. The van der Waals surface area contributed by atoms with Crippen LogP contribution < -0.4 is 20.1 Å². The van der Waals surface area contributed by atoms with Crippen LogP contribution in [0.25, 0.3) is 0 Å². The summed E-state index contributed by atoms with van der Waals surface area (Å²) in [5.41, 5.74) is 2.53. The molecule has 0 unspecified atom stereocenters. The number of nitrogens with one attached hydrogen (secondary N) is 2. The molecule has 0 amide bonds. The summed E-state index contributed by atoms with van der Waals surface area (Å²) in [6.45, 7) is 4.50. The van der Waals surface area contributed by atoms with Crippen LogP contribution in [0, 0.1) is 13.8 Å². The number of anilines is 1. The van der Waals surface area contributed by atoms with Gasteiger partial charge in [0.05, 0.1) is 26.9 Å². The van der Waals surface area contributed by atoms with E-state index in [0.717, 1.165) is 22.4 Å². The zero-order valence-corrected chi connectivity index (χ0v) is 17.7. The van der Waals surface area contributed by atoms with Crippen LogP contribution in [0.15, 0.2) is 18.2 Å². The lowest BCUT2D eigenvalue weighted by atomic mass is 10.1. The van der Waals surface area contributed by atoms with Crippen molar-refractivity contribution >= 4 is 39.6 Å². The van der Waals surface area contributed by atoms with Crippen molar-refractivity contribution in [1.29, 1.82) is 0 Å². The Morgan fingerprint density at radius 3 is 2.48 bits per heavy atom. The van der Waals surface area contributed by atoms with Crippen LogP contribution >= 0.6 is 23.6 Å². The molecule has 0 spiro atoms. The molecule has 0 fully saturated rings. The highest BCUT2D eigenvalue weighted by atomic mass is 32.1. The molecule has 6 nitrogen and oxygen atoms in total. The maximum Gasteiger partial charge on any atom is 0.341 e. The zero-order chi connectivity index (χ0) is 20.0. The van der Waals surface area contributed by atoms with Crippen LogP contribution in [0.2, 0.25) is 0 Å². The van der Waals surface area contributed by atoms with Crippen LogP contribution in [0.4, 0.5) is 5.00 Å². The molecule has 0 atom stereocenters. The van der Waals surface area contributed by atoms with Gasteiger partial charge in [0, 0.05) is 11.4 Å². The number of ether oxygens (including phenoxy) is 3. The third-order valence-corrected chi connectivity index (χ3v) is 5.52. The summed E-state index contributed by atoms with van der Waals surface area (Å²) < 4.78 is 15.4. The van der Waals surface area contributed by atoms with Crippen LogP contribution in [0.3, 0.4) is 0 Å². The molecule has 0 radical (unpaired) electrons. The smallest absolute Gasteiger partial charge is 0.341 e. The van der Waals surface area contributed by atoms with E-state index in [1.807, 2.05) is 32.0 Å². The quantitative estimate of drug-likeness (QED) is 0.535. The molecule has 0 saturated heterocycles. The Labute approximate surface area is 168 Å². The predicted molar refractivity (Wildman–Crippen MR) is 113 cm³/mol. The van der Waals surface area contributed by atoms with Gasteiger partial charge in [-0.25, -0.2) is 4.79 Å². The topological polar surface area (TPSA) is 68.8 Å². The average Bonchev–Trinajstić information content (AvgIpc) is 2.94. The predicted octanol–water partition coefficient (Wildman–Crippen LogP) is 3.70. The standard InChI is InChI=1S/C19H24N2O4S2/c1-11-12(2)27-17(16(11)18(22)25-5)21-19(26)20-9-8-13-6-7-14(23-3)15(10-13)24-4/h6-7,10H,8-9H2,1-5H3,(H2,20,21,26). The molecular weight excluding hydrogens is 384 g/mol. The van der Waals surface area contributed by atoms with Crippen molar-refractivity contribution in [3.63, 3.8) is 0 Å². The van der Waals surface area contributed by atoms with Crippen molar-refractivity contribution in [2.24, 2.45) is 0 Å². The maximum atomic E-state index is 12.0. The molecule has 0 aliphatic carbocycles. The lowest BCUT2D eigenvalue weighted by Gasteiger charge is -2.12. The lowest BCUT2D eigenvalue weighted by Crippen LogP contribution is -2.30. The molecule has 0 aliphatic rings. The third kappa shape index (κ3) is 5.11. The number of hydrogen-bond acceptors (Lipinski definition) is 6. The summed E-state index contributed by atoms with van der Waals surface area (Å²) in [4.78, 5) is 13.1. The van der Waals surface area contributed by atoms with Gasteiger partial charge >= 0.3 is 5.97 Å². The molecule has 146 valence electrons. The van der Waals surface area contributed by atoms with Gasteiger partial charge < -0.3 is 24.8 Å². The van der Waals surface area contributed by atoms with Crippen LogP contribution in [-0.2, 0) is 11.2 Å². The maximum absolute atomic E-state index is 12.0. The minimum absolute atomic E-state index is 0.368. The third-order valence-electron chi connectivity index (χ3n) is 4.15. The molecular formula is C19H24N2O4S2. The Morgan fingerprint density at radius 2 is 1.85 bits per heavy atom. The first-order valence-electron chi connectivity index (χ1n) is 8.35. The van der Waals surface area contributed by atoms with Crippen LogP contribution in [-0.4, -0.2) is 39.0 Å². The van der Waals surface area contributed by atoms with E-state index in [1.54, 1.807) is 14.2 Å². The normalized spacial score (nSPS) is 10.3. The van der Waals surface area contributed by atoms with Crippen molar-refractivity contribution in [1.82, 2.24) is 5.32 Å². The summed E-state index contributed by atoms with van der Waals surface area (Å²) in [5, 5.41) is 7.42. The molecule has 27 heavy (non-hydrogen) atoms. The first kappa shape index (κ1) is 21.0. The SMILES string of the molecule is COC(=O)c1c(NC(=S)NCCc2ccc(OC)c(OC)c2)sc(C)c1C. The summed E-state index contributed by atoms with van der Waals surface area (Å²) >= 11 is 6.84. The van der Waals surface area contributed by atoms with Gasteiger partial charge in [-0.05, 0) is 55.7 Å². The van der Waals surface area contributed by atoms with Crippen molar-refractivity contribution in [3.8, 4) is 11.5 Å². The van der Waals surface area contributed by atoms with Crippen LogP contribution in [0.5, 0.6) is 11.5 Å². The molecule has 1 heterocycles. The number of thiocarbonyl (C=S) groups is 1. The van der Waals surface area contributed by atoms with Gasteiger partial charge in [-0.15, -0.1) is 11.3 Å². The first-order valence-corrected chi connectivity index (χ1v) is 9.57. The van der Waals surface area contributed by atoms with Crippen molar-refractivity contribution < 1.29 is 19.0 Å². The number of benzene rings is 1. The van der Waals surface area contributed by atoms with E-state index in [2.05, 4.69) is 10.6 Å². The Morgan fingerprint density at radius 1 is 1.15 bits per heavy atom. The van der Waals surface area contributed by atoms with Crippen LogP contribution in [0.1, 0.15) is 26.4 Å². The number of hydrogen-bond donors (Lipinski definition) is 2. The minimum atomic E-state index is -0.368. The summed E-state index contributed by atoms with van der Waals surface area (Å²) in [5.74, 6) is 1.03. The fourth-order valence-corrected chi connectivity index (χ4v) is 3.89. The average molecular weight is 409 g/mol. The van der Waals surface area contributed by atoms with E-state index in [-0.39, 0.29) is 5.97 Å². The Kier molecular flexibility index (Phi) is 7.44. The van der Waals surface area contributed by atoms with E-state index in [9.17, 15) is 4.79 Å². The largest absolute Gasteiger partial charge is 0.493 e. The van der Waals surface area contributed by atoms with Crippen molar-refractivity contribution in [2.75, 3.05) is 33.2 Å². The van der Waals surface area contributed by atoms with Gasteiger partial charge in [0.15, 0.2) is 16.6 Å². The monoisotopic (exact) mass is 408 g/mol. The Hall–Kier alpha value is -2.32. The number of methoxy groups -OCH3 is 3. The van der Waals surface area contributed by atoms with E-state index < -0.39 is 0 Å². The Balaban J connectivity index is 1.96. The van der Waals surface area contributed by atoms with E-state index in [0.29, 0.717) is 33.7 Å². The lowest BCUT2D eigenvalue weighted by molar-refractivity contribution is 0.0601. The molecule has 2 rings (SSSR count). The number of esters is 1. The second-order valence-electron chi connectivity index (χ2n) is 5.80.